The van der Waals surface area contributed by atoms with Gasteiger partial charge in [-0.05, 0) is 37.1 Å². The molecule has 2 N–H and O–H groups in total. The van der Waals surface area contributed by atoms with E-state index in [4.69, 9.17) is 16.8 Å². The Hall–Kier alpha value is -1.79. The van der Waals surface area contributed by atoms with Crippen LogP contribution >= 0.6 is 11.6 Å². The zero-order valence-corrected chi connectivity index (χ0v) is 14.5. The molecule has 1 fully saturated rings. The summed E-state index contributed by atoms with van der Waals surface area (Å²) < 4.78 is 0. The van der Waals surface area contributed by atoms with E-state index in [1.165, 1.54) is 0 Å². The Kier molecular flexibility index (Phi) is 7.34. The quantitative estimate of drug-likeness (QED) is 0.448. The van der Waals surface area contributed by atoms with Crippen molar-refractivity contribution in [1.29, 1.82) is 0 Å². The Morgan fingerprint density at radius 1 is 1.00 bits per heavy atom. The zero-order chi connectivity index (χ0) is 17.4. The number of hydrogen-bond acceptors (Lipinski definition) is 4. The second kappa shape index (κ2) is 9.49. The highest BCUT2D eigenvalue weighted by Crippen LogP contribution is 2.19. The van der Waals surface area contributed by atoms with Crippen LogP contribution in [-0.4, -0.2) is 48.1 Å². The van der Waals surface area contributed by atoms with Crippen LogP contribution in [0.25, 0.3) is 0 Å². The third-order valence-electron chi connectivity index (χ3n) is 4.24. The maximum atomic E-state index is 12.2. The molecule has 0 unspecified atom stereocenters. The molecule has 0 aliphatic carbocycles. The summed E-state index contributed by atoms with van der Waals surface area (Å²) in [5, 5.41) is 9.12. The number of hydroxylamine groups is 1. The maximum Gasteiger partial charge on any atom is 0.243 e. The molecule has 2 amide bonds. The molecule has 0 bridgehead atoms. The SMILES string of the molecule is O=C(CCCCCC(=O)N1CCN(c2ccc(Cl)cc2)CC1)NO. The van der Waals surface area contributed by atoms with E-state index in [1.807, 2.05) is 29.2 Å². The lowest BCUT2D eigenvalue weighted by Gasteiger charge is -2.36. The molecule has 1 aliphatic heterocycles. The molecule has 132 valence electrons. The molecule has 1 saturated heterocycles. The van der Waals surface area contributed by atoms with Crippen LogP contribution in [0.3, 0.4) is 0 Å². The van der Waals surface area contributed by atoms with Crippen molar-refractivity contribution >= 4 is 29.1 Å². The molecule has 1 aromatic rings. The average molecular weight is 354 g/mol. The van der Waals surface area contributed by atoms with Crippen molar-refractivity contribution in [1.82, 2.24) is 10.4 Å². The minimum absolute atomic E-state index is 0.178. The van der Waals surface area contributed by atoms with Crippen LogP contribution < -0.4 is 10.4 Å². The summed E-state index contributed by atoms with van der Waals surface area (Å²) >= 11 is 5.91. The summed E-state index contributed by atoms with van der Waals surface area (Å²) in [4.78, 5) is 27.3. The van der Waals surface area contributed by atoms with Crippen molar-refractivity contribution in [3.8, 4) is 0 Å². The number of benzene rings is 1. The van der Waals surface area contributed by atoms with Gasteiger partial charge in [-0.1, -0.05) is 18.0 Å². The normalized spacial score (nSPS) is 14.6. The van der Waals surface area contributed by atoms with Gasteiger partial charge in [-0.2, -0.15) is 0 Å². The summed E-state index contributed by atoms with van der Waals surface area (Å²) in [6, 6.07) is 7.77. The lowest BCUT2D eigenvalue weighted by molar-refractivity contribution is -0.131. The van der Waals surface area contributed by atoms with E-state index in [-0.39, 0.29) is 11.8 Å². The highest BCUT2D eigenvalue weighted by Gasteiger charge is 2.20. The summed E-state index contributed by atoms with van der Waals surface area (Å²) in [6.07, 6.45) is 3.08. The van der Waals surface area contributed by atoms with Gasteiger partial charge in [0.15, 0.2) is 0 Å². The van der Waals surface area contributed by atoms with E-state index in [0.29, 0.717) is 19.3 Å². The molecular weight excluding hydrogens is 330 g/mol. The van der Waals surface area contributed by atoms with E-state index in [1.54, 1.807) is 5.48 Å². The van der Waals surface area contributed by atoms with Crippen molar-refractivity contribution in [3.05, 3.63) is 29.3 Å². The van der Waals surface area contributed by atoms with Crippen LogP contribution in [0.15, 0.2) is 24.3 Å². The molecule has 0 atom stereocenters. The molecule has 24 heavy (non-hydrogen) atoms. The van der Waals surface area contributed by atoms with Gasteiger partial charge in [-0.25, -0.2) is 5.48 Å². The molecule has 7 heteroatoms. The number of nitrogens with zero attached hydrogens (tertiary/aromatic N) is 2. The Balaban J connectivity index is 1.65. The summed E-state index contributed by atoms with van der Waals surface area (Å²) in [5.41, 5.74) is 2.74. The fraction of sp³-hybridized carbons (Fsp3) is 0.529. The van der Waals surface area contributed by atoms with Gasteiger partial charge in [0.25, 0.3) is 0 Å². The van der Waals surface area contributed by atoms with Crippen LogP contribution in [0.2, 0.25) is 5.02 Å². The first-order chi connectivity index (χ1) is 11.6. The molecule has 0 saturated carbocycles. The minimum atomic E-state index is -0.375. The van der Waals surface area contributed by atoms with Crippen molar-refractivity contribution in [2.45, 2.75) is 32.1 Å². The summed E-state index contributed by atoms with van der Waals surface area (Å²) in [6.45, 7) is 3.11. The lowest BCUT2D eigenvalue weighted by Crippen LogP contribution is -2.48. The van der Waals surface area contributed by atoms with Crippen LogP contribution in [0.4, 0.5) is 5.69 Å². The lowest BCUT2D eigenvalue weighted by atomic mass is 10.1. The van der Waals surface area contributed by atoms with Gasteiger partial charge >= 0.3 is 0 Å². The molecule has 1 heterocycles. The van der Waals surface area contributed by atoms with E-state index in [9.17, 15) is 9.59 Å². The number of carbonyl (C=O) groups excluding carboxylic acids is 2. The second-order valence-electron chi connectivity index (χ2n) is 5.94. The van der Waals surface area contributed by atoms with Crippen molar-refractivity contribution in [2.75, 3.05) is 31.1 Å². The molecule has 0 aromatic heterocycles. The molecule has 2 rings (SSSR count). The monoisotopic (exact) mass is 353 g/mol. The number of halogens is 1. The zero-order valence-electron chi connectivity index (χ0n) is 13.7. The third kappa shape index (κ3) is 5.69. The predicted molar refractivity (Wildman–Crippen MR) is 93.3 cm³/mol. The highest BCUT2D eigenvalue weighted by atomic mass is 35.5. The predicted octanol–water partition coefficient (Wildman–Crippen LogP) is 2.44. The van der Waals surface area contributed by atoms with Gasteiger partial charge in [0.05, 0.1) is 0 Å². The van der Waals surface area contributed by atoms with Gasteiger partial charge < -0.3 is 9.80 Å². The van der Waals surface area contributed by atoms with E-state index in [0.717, 1.165) is 49.7 Å². The summed E-state index contributed by atoms with van der Waals surface area (Å²) in [5.74, 6) is -0.197. The molecule has 1 aliphatic rings. The standard InChI is InChI=1S/C17H24ClN3O3/c18-14-6-8-15(9-7-14)20-10-12-21(13-11-20)17(23)5-3-1-2-4-16(22)19-24/h6-9,24H,1-5,10-13H2,(H,19,22). The van der Waals surface area contributed by atoms with Gasteiger partial charge in [-0.3, -0.25) is 14.8 Å². The molecule has 0 radical (unpaired) electrons. The smallest absolute Gasteiger partial charge is 0.243 e. The van der Waals surface area contributed by atoms with Crippen molar-refractivity contribution < 1.29 is 14.8 Å². The maximum absolute atomic E-state index is 12.2. The average Bonchev–Trinajstić information content (AvgIpc) is 2.62. The Morgan fingerprint density at radius 2 is 1.62 bits per heavy atom. The number of hydrogen-bond donors (Lipinski definition) is 2. The Bertz CT molecular complexity index is 543. The van der Waals surface area contributed by atoms with Crippen LogP contribution in [0.5, 0.6) is 0 Å². The minimum Gasteiger partial charge on any atom is -0.368 e. The highest BCUT2D eigenvalue weighted by molar-refractivity contribution is 6.30. The van der Waals surface area contributed by atoms with Crippen LogP contribution in [0.1, 0.15) is 32.1 Å². The van der Waals surface area contributed by atoms with Crippen molar-refractivity contribution in [2.24, 2.45) is 0 Å². The van der Waals surface area contributed by atoms with Crippen molar-refractivity contribution in [3.63, 3.8) is 0 Å². The van der Waals surface area contributed by atoms with E-state index >= 15 is 0 Å². The number of carbonyl (C=O) groups is 2. The van der Waals surface area contributed by atoms with Gasteiger partial charge in [0.1, 0.15) is 0 Å². The number of amides is 2. The van der Waals surface area contributed by atoms with Gasteiger partial charge in [-0.15, -0.1) is 0 Å². The third-order valence-corrected chi connectivity index (χ3v) is 4.50. The first-order valence-corrected chi connectivity index (χ1v) is 8.69. The molecule has 0 spiro atoms. The number of unbranched alkanes of at least 4 members (excludes halogenated alkanes) is 2. The molecule has 6 nitrogen and oxygen atoms in total. The van der Waals surface area contributed by atoms with Crippen LogP contribution in [-0.2, 0) is 9.59 Å². The van der Waals surface area contributed by atoms with E-state index in [2.05, 4.69) is 4.90 Å². The number of anilines is 1. The first kappa shape index (κ1) is 18.5. The topological polar surface area (TPSA) is 72.9 Å². The number of piperazine rings is 1. The molecule has 1 aromatic carbocycles. The summed E-state index contributed by atoms with van der Waals surface area (Å²) in [7, 11) is 0. The first-order valence-electron chi connectivity index (χ1n) is 8.31. The second-order valence-corrected chi connectivity index (χ2v) is 6.38. The Labute approximate surface area is 147 Å². The van der Waals surface area contributed by atoms with Gasteiger partial charge in [0, 0.05) is 49.7 Å². The van der Waals surface area contributed by atoms with E-state index < -0.39 is 0 Å². The van der Waals surface area contributed by atoms with Crippen LogP contribution in [0, 0.1) is 0 Å². The fourth-order valence-electron chi connectivity index (χ4n) is 2.82. The Morgan fingerprint density at radius 3 is 2.25 bits per heavy atom. The largest absolute Gasteiger partial charge is 0.368 e. The number of nitrogens with one attached hydrogen (secondary N) is 1. The molecular formula is C17H24ClN3O3. The van der Waals surface area contributed by atoms with Gasteiger partial charge in [0.2, 0.25) is 11.8 Å². The number of rotatable bonds is 7. The fourth-order valence-corrected chi connectivity index (χ4v) is 2.94.